The molecule has 4 heteroatoms. The molecule has 1 aromatic heterocycles. The zero-order chi connectivity index (χ0) is 20.2. The number of phenolic OH excluding ortho intramolecular Hbond substituents is 3. The van der Waals surface area contributed by atoms with Crippen LogP contribution in [0.5, 0.6) is 17.2 Å². The zero-order valence-electron chi connectivity index (χ0n) is 15.9. The third-order valence-electron chi connectivity index (χ3n) is 4.92. The molecule has 0 bridgehead atoms. The fraction of sp³-hybridized carbons (Fsp3) is 0.0800. The highest BCUT2D eigenvalue weighted by Gasteiger charge is 2.12. The van der Waals surface area contributed by atoms with Crippen LogP contribution in [-0.2, 0) is 13.0 Å². The number of benzene rings is 3. The molecule has 0 aliphatic heterocycles. The minimum atomic E-state index is 0.239. The van der Waals surface area contributed by atoms with E-state index in [0.717, 1.165) is 40.8 Å². The molecule has 0 saturated heterocycles. The minimum Gasteiger partial charge on any atom is -0.508 e. The van der Waals surface area contributed by atoms with Crippen molar-refractivity contribution in [3.8, 4) is 39.5 Å². The maximum absolute atomic E-state index is 9.60. The van der Waals surface area contributed by atoms with E-state index in [1.54, 1.807) is 36.4 Å². The first-order chi connectivity index (χ1) is 14.1. The van der Waals surface area contributed by atoms with Gasteiger partial charge in [-0.1, -0.05) is 36.4 Å². The van der Waals surface area contributed by atoms with Gasteiger partial charge in [-0.2, -0.15) is 0 Å². The summed E-state index contributed by atoms with van der Waals surface area (Å²) in [4.78, 5) is 0. The quantitative estimate of drug-likeness (QED) is 0.438. The molecule has 0 spiro atoms. The Hall–Kier alpha value is -3.79. The van der Waals surface area contributed by atoms with Crippen molar-refractivity contribution in [2.24, 2.45) is 0 Å². The van der Waals surface area contributed by atoms with E-state index in [4.69, 9.17) is 0 Å². The van der Waals surface area contributed by atoms with Gasteiger partial charge in [0.2, 0.25) is 0 Å². The summed E-state index contributed by atoms with van der Waals surface area (Å²) >= 11 is 0. The smallest absolute Gasteiger partial charge is 0.176 e. The van der Waals surface area contributed by atoms with Gasteiger partial charge in [-0.25, -0.2) is 4.57 Å². The highest BCUT2D eigenvalue weighted by Crippen LogP contribution is 2.27. The first kappa shape index (κ1) is 18.6. The molecule has 0 radical (unpaired) electrons. The highest BCUT2D eigenvalue weighted by atomic mass is 16.3. The molecule has 1 heterocycles. The van der Waals surface area contributed by atoms with E-state index in [2.05, 4.69) is 23.0 Å². The number of phenols is 3. The van der Waals surface area contributed by atoms with Crippen molar-refractivity contribution in [1.29, 1.82) is 0 Å². The molecule has 0 unspecified atom stereocenters. The van der Waals surface area contributed by atoms with Crippen LogP contribution in [0.15, 0.2) is 91.3 Å². The molecule has 0 amide bonds. The van der Waals surface area contributed by atoms with Gasteiger partial charge in [0.15, 0.2) is 18.9 Å². The number of aromatic nitrogens is 1. The summed E-state index contributed by atoms with van der Waals surface area (Å²) in [5, 5.41) is 28.7. The molecule has 144 valence electrons. The van der Waals surface area contributed by atoms with Crippen LogP contribution in [0.3, 0.4) is 0 Å². The van der Waals surface area contributed by atoms with Crippen molar-refractivity contribution in [2.45, 2.75) is 13.0 Å². The van der Waals surface area contributed by atoms with Gasteiger partial charge in [0.05, 0.1) is 0 Å². The Morgan fingerprint density at radius 2 is 0.931 bits per heavy atom. The van der Waals surface area contributed by atoms with Gasteiger partial charge in [-0.05, 0) is 59.2 Å². The van der Waals surface area contributed by atoms with Gasteiger partial charge >= 0.3 is 0 Å². The molecule has 0 aliphatic rings. The van der Waals surface area contributed by atoms with E-state index in [-0.39, 0.29) is 17.2 Å². The van der Waals surface area contributed by atoms with Crippen molar-refractivity contribution in [3.63, 3.8) is 0 Å². The highest BCUT2D eigenvalue weighted by molar-refractivity contribution is 5.71. The normalized spacial score (nSPS) is 10.8. The summed E-state index contributed by atoms with van der Waals surface area (Å²) < 4.78 is 2.15. The molecule has 0 atom stereocenters. The Bertz CT molecular complexity index is 1040. The van der Waals surface area contributed by atoms with Gasteiger partial charge in [0, 0.05) is 17.5 Å². The van der Waals surface area contributed by atoms with E-state index in [9.17, 15) is 15.3 Å². The van der Waals surface area contributed by atoms with Crippen LogP contribution < -0.4 is 4.57 Å². The first-order valence-corrected chi connectivity index (χ1v) is 9.48. The maximum Gasteiger partial charge on any atom is 0.176 e. The van der Waals surface area contributed by atoms with Crippen LogP contribution >= 0.6 is 0 Å². The lowest BCUT2D eigenvalue weighted by Crippen LogP contribution is -2.34. The average molecular weight is 384 g/mol. The molecule has 29 heavy (non-hydrogen) atoms. The Balaban J connectivity index is 1.69. The van der Waals surface area contributed by atoms with E-state index in [0.29, 0.717) is 0 Å². The lowest BCUT2D eigenvalue weighted by Gasteiger charge is -2.07. The third kappa shape index (κ3) is 4.55. The summed E-state index contributed by atoms with van der Waals surface area (Å²) in [7, 11) is 0. The first-order valence-electron chi connectivity index (χ1n) is 9.48. The minimum absolute atomic E-state index is 0.239. The lowest BCUT2D eigenvalue weighted by molar-refractivity contribution is -0.695. The molecule has 3 N–H and O–H groups in total. The van der Waals surface area contributed by atoms with E-state index >= 15 is 0 Å². The Morgan fingerprint density at radius 1 is 0.517 bits per heavy atom. The summed E-state index contributed by atoms with van der Waals surface area (Å²) in [6, 6.07) is 23.7. The lowest BCUT2D eigenvalue weighted by atomic mass is 10.0. The van der Waals surface area contributed by atoms with Gasteiger partial charge in [0.1, 0.15) is 17.2 Å². The van der Waals surface area contributed by atoms with E-state index in [1.165, 1.54) is 0 Å². The van der Waals surface area contributed by atoms with Crippen molar-refractivity contribution < 1.29 is 19.9 Å². The summed E-state index contributed by atoms with van der Waals surface area (Å²) in [6.07, 6.45) is 5.02. The number of nitrogens with zero attached hydrogens (tertiary/aromatic N) is 1. The van der Waals surface area contributed by atoms with Gasteiger partial charge < -0.3 is 15.3 Å². The number of hydrogen-bond acceptors (Lipinski definition) is 3. The van der Waals surface area contributed by atoms with Gasteiger partial charge in [-0.15, -0.1) is 0 Å². The maximum atomic E-state index is 9.60. The summed E-state index contributed by atoms with van der Waals surface area (Å²) in [5.74, 6) is 0.748. The Labute approximate surface area is 169 Å². The van der Waals surface area contributed by atoms with Crippen LogP contribution in [0.1, 0.15) is 5.56 Å². The summed E-state index contributed by atoms with van der Waals surface area (Å²) in [6.45, 7) is 0.780. The van der Waals surface area contributed by atoms with E-state index < -0.39 is 0 Å². The van der Waals surface area contributed by atoms with Crippen LogP contribution in [0.25, 0.3) is 22.3 Å². The van der Waals surface area contributed by atoms with Crippen molar-refractivity contribution in [1.82, 2.24) is 0 Å². The standard InChI is InChI=1S/C25H21NO3/c27-23-7-1-18(2-8-23)13-14-26-16-21(19-3-9-24(28)10-4-19)15-22(17-26)20-5-11-25(29)12-6-20/h1-12,15-17H,13-14H2,(H2-,27,28,29)/p+1. The molecular formula is C25H22NO3+. The predicted molar refractivity (Wildman–Crippen MR) is 113 cm³/mol. The number of pyridine rings is 1. The number of hydrogen-bond donors (Lipinski definition) is 3. The van der Waals surface area contributed by atoms with Crippen LogP contribution in [-0.4, -0.2) is 15.3 Å². The van der Waals surface area contributed by atoms with E-state index in [1.807, 2.05) is 36.4 Å². The van der Waals surface area contributed by atoms with Crippen LogP contribution in [0.2, 0.25) is 0 Å². The second-order valence-electron chi connectivity index (χ2n) is 7.06. The van der Waals surface area contributed by atoms with Crippen LogP contribution in [0, 0.1) is 0 Å². The Morgan fingerprint density at radius 3 is 1.38 bits per heavy atom. The number of rotatable bonds is 5. The molecule has 0 saturated carbocycles. The monoisotopic (exact) mass is 384 g/mol. The zero-order valence-corrected chi connectivity index (χ0v) is 15.9. The molecule has 4 aromatic rings. The molecule has 4 rings (SSSR count). The van der Waals surface area contributed by atoms with Crippen molar-refractivity contribution in [2.75, 3.05) is 0 Å². The largest absolute Gasteiger partial charge is 0.508 e. The summed E-state index contributed by atoms with van der Waals surface area (Å²) in [5.41, 5.74) is 5.27. The second-order valence-corrected chi connectivity index (χ2v) is 7.06. The molecule has 3 aromatic carbocycles. The molecule has 0 fully saturated rings. The molecule has 4 nitrogen and oxygen atoms in total. The molecule has 0 aliphatic carbocycles. The number of aromatic hydroxyl groups is 3. The fourth-order valence-corrected chi connectivity index (χ4v) is 3.31. The SMILES string of the molecule is Oc1ccc(CC[n+]2cc(-c3ccc(O)cc3)cc(-c3ccc(O)cc3)c2)cc1. The predicted octanol–water partition coefficient (Wildman–Crippen LogP) is 4.67. The van der Waals surface area contributed by atoms with Crippen LogP contribution in [0.4, 0.5) is 0 Å². The average Bonchev–Trinajstić information content (AvgIpc) is 2.74. The topological polar surface area (TPSA) is 64.6 Å². The third-order valence-corrected chi connectivity index (χ3v) is 4.92. The second kappa shape index (κ2) is 8.07. The van der Waals surface area contributed by atoms with Gasteiger partial charge in [-0.3, -0.25) is 0 Å². The number of aryl methyl sites for hydroxylation is 2. The van der Waals surface area contributed by atoms with Crippen molar-refractivity contribution in [3.05, 3.63) is 96.8 Å². The van der Waals surface area contributed by atoms with Crippen molar-refractivity contribution >= 4 is 0 Å². The Kier molecular flexibility index (Phi) is 5.16. The molecular weight excluding hydrogens is 362 g/mol. The van der Waals surface area contributed by atoms with Gasteiger partial charge in [0.25, 0.3) is 0 Å². The fourth-order valence-electron chi connectivity index (χ4n) is 3.31.